The minimum absolute atomic E-state index is 0.0769. The van der Waals surface area contributed by atoms with E-state index in [1.807, 2.05) is 27.7 Å². The quantitative estimate of drug-likeness (QED) is 0.712. The first kappa shape index (κ1) is 10.8. The Morgan fingerprint density at radius 3 is 2.07 bits per heavy atom. The molecule has 0 saturated heterocycles. The molecule has 1 aromatic rings. The molecule has 4 heteroatoms. The van der Waals surface area contributed by atoms with Gasteiger partial charge in [-0.05, 0) is 27.7 Å². The lowest BCUT2D eigenvalue weighted by Crippen LogP contribution is -2.40. The Hall–Kier alpha value is -1.32. The zero-order valence-corrected chi connectivity index (χ0v) is 9.02. The molecule has 1 aromatic heterocycles. The van der Waals surface area contributed by atoms with Crippen LogP contribution in [0.3, 0.4) is 0 Å². The topological polar surface area (TPSA) is 44.0 Å². The van der Waals surface area contributed by atoms with Crippen molar-refractivity contribution in [2.75, 3.05) is 0 Å². The number of nitrogens with zero attached hydrogens (tertiary/aromatic N) is 2. The van der Waals surface area contributed by atoms with Gasteiger partial charge in [0.1, 0.15) is 0 Å². The summed E-state index contributed by atoms with van der Waals surface area (Å²) >= 11 is 0. The monoisotopic (exact) mass is 196 g/mol. The minimum atomic E-state index is -0.234. The third kappa shape index (κ3) is 1.78. The van der Waals surface area contributed by atoms with Crippen LogP contribution in [-0.2, 0) is 0 Å². The normalized spacial score (nSPS) is 11.3. The molecule has 78 valence electrons. The van der Waals surface area contributed by atoms with Gasteiger partial charge in [0, 0.05) is 24.3 Å². The fourth-order valence-electron chi connectivity index (χ4n) is 1.38. The van der Waals surface area contributed by atoms with Crippen LogP contribution in [0.5, 0.6) is 0 Å². The van der Waals surface area contributed by atoms with Crippen LogP contribution < -0.4 is 11.2 Å². The maximum atomic E-state index is 11.8. The molecule has 0 fully saturated rings. The highest BCUT2D eigenvalue weighted by atomic mass is 16.2. The van der Waals surface area contributed by atoms with Crippen molar-refractivity contribution >= 4 is 0 Å². The molecule has 0 aliphatic heterocycles. The first-order valence-corrected chi connectivity index (χ1v) is 4.79. The summed E-state index contributed by atoms with van der Waals surface area (Å²) in [4.78, 5) is 23.2. The fourth-order valence-corrected chi connectivity index (χ4v) is 1.38. The molecule has 1 heterocycles. The average Bonchev–Trinajstić information content (AvgIpc) is 2.02. The predicted molar refractivity (Wildman–Crippen MR) is 55.7 cm³/mol. The zero-order valence-electron chi connectivity index (χ0n) is 9.02. The minimum Gasteiger partial charge on any atom is -0.298 e. The van der Waals surface area contributed by atoms with E-state index in [0.717, 1.165) is 0 Å². The summed E-state index contributed by atoms with van der Waals surface area (Å²) in [6.07, 6.45) is 1.55. The highest BCUT2D eigenvalue weighted by Gasteiger charge is 2.09. The van der Waals surface area contributed by atoms with Gasteiger partial charge in [-0.25, -0.2) is 4.79 Å². The Labute approximate surface area is 82.8 Å². The average molecular weight is 196 g/mol. The number of hydrogen-bond acceptors (Lipinski definition) is 2. The van der Waals surface area contributed by atoms with E-state index in [0.29, 0.717) is 0 Å². The second kappa shape index (κ2) is 3.82. The van der Waals surface area contributed by atoms with Crippen molar-refractivity contribution in [3.05, 3.63) is 33.1 Å². The van der Waals surface area contributed by atoms with E-state index in [2.05, 4.69) is 0 Å². The summed E-state index contributed by atoms with van der Waals surface area (Å²) in [6, 6.07) is 1.41. The summed E-state index contributed by atoms with van der Waals surface area (Å²) in [5, 5.41) is 0. The summed E-state index contributed by atoms with van der Waals surface area (Å²) in [5.41, 5.74) is -0.468. The van der Waals surface area contributed by atoms with Crippen molar-refractivity contribution in [2.45, 2.75) is 39.8 Å². The third-order valence-corrected chi connectivity index (χ3v) is 2.11. The molecule has 0 radical (unpaired) electrons. The van der Waals surface area contributed by atoms with Crippen molar-refractivity contribution < 1.29 is 0 Å². The van der Waals surface area contributed by atoms with Crippen molar-refractivity contribution in [3.63, 3.8) is 0 Å². The molecule has 0 saturated carbocycles. The summed E-state index contributed by atoms with van der Waals surface area (Å²) in [6.45, 7) is 7.48. The standard InChI is InChI=1S/C10H16N2O2/c1-7(2)11-6-5-9(13)12(8(3)4)10(11)14/h5-8H,1-4H3. The molecule has 0 atom stereocenters. The van der Waals surface area contributed by atoms with E-state index in [-0.39, 0.29) is 23.3 Å². The number of hydrogen-bond donors (Lipinski definition) is 0. The van der Waals surface area contributed by atoms with Gasteiger partial charge in [0.25, 0.3) is 5.56 Å². The Balaban J connectivity index is 3.50. The SMILES string of the molecule is CC(C)n1ccc(=O)n(C(C)C)c1=O. The lowest BCUT2D eigenvalue weighted by Gasteiger charge is -2.14. The Bertz CT molecular complexity index is 426. The highest BCUT2D eigenvalue weighted by molar-refractivity contribution is 4.89. The molecular formula is C10H16N2O2. The molecule has 0 aliphatic carbocycles. The van der Waals surface area contributed by atoms with Gasteiger partial charge in [0.15, 0.2) is 0 Å². The smallest absolute Gasteiger partial charge is 0.298 e. The largest absolute Gasteiger partial charge is 0.331 e. The van der Waals surface area contributed by atoms with Crippen LogP contribution in [0, 0.1) is 0 Å². The lowest BCUT2D eigenvalue weighted by atomic mass is 10.3. The van der Waals surface area contributed by atoms with E-state index in [9.17, 15) is 9.59 Å². The van der Waals surface area contributed by atoms with Crippen molar-refractivity contribution in [3.8, 4) is 0 Å². The molecule has 0 unspecified atom stereocenters. The lowest BCUT2D eigenvalue weighted by molar-refractivity contribution is 0.473. The van der Waals surface area contributed by atoms with Crippen LogP contribution >= 0.6 is 0 Å². The Morgan fingerprint density at radius 2 is 1.64 bits per heavy atom. The van der Waals surface area contributed by atoms with Gasteiger partial charge in [-0.15, -0.1) is 0 Å². The van der Waals surface area contributed by atoms with E-state index >= 15 is 0 Å². The maximum absolute atomic E-state index is 11.8. The van der Waals surface area contributed by atoms with E-state index in [1.165, 1.54) is 10.6 Å². The summed E-state index contributed by atoms with van der Waals surface area (Å²) in [7, 11) is 0. The van der Waals surface area contributed by atoms with E-state index < -0.39 is 0 Å². The van der Waals surface area contributed by atoms with Gasteiger partial charge < -0.3 is 0 Å². The fraction of sp³-hybridized carbons (Fsp3) is 0.600. The maximum Gasteiger partial charge on any atom is 0.331 e. The molecule has 0 bridgehead atoms. The second-order valence-corrected chi connectivity index (χ2v) is 3.90. The number of aromatic nitrogens is 2. The molecular weight excluding hydrogens is 180 g/mol. The van der Waals surface area contributed by atoms with E-state index in [1.54, 1.807) is 10.8 Å². The molecule has 0 spiro atoms. The number of rotatable bonds is 2. The Kier molecular flexibility index (Phi) is 2.93. The molecule has 0 amide bonds. The van der Waals surface area contributed by atoms with Crippen LogP contribution in [0.25, 0.3) is 0 Å². The Morgan fingerprint density at radius 1 is 1.07 bits per heavy atom. The van der Waals surface area contributed by atoms with Gasteiger partial charge in [-0.3, -0.25) is 13.9 Å². The molecule has 14 heavy (non-hydrogen) atoms. The van der Waals surface area contributed by atoms with Crippen LogP contribution in [0.4, 0.5) is 0 Å². The molecule has 0 N–H and O–H groups in total. The first-order chi connectivity index (χ1) is 6.45. The van der Waals surface area contributed by atoms with Gasteiger partial charge >= 0.3 is 5.69 Å². The third-order valence-electron chi connectivity index (χ3n) is 2.11. The first-order valence-electron chi connectivity index (χ1n) is 4.79. The summed E-state index contributed by atoms with van der Waals surface area (Å²) in [5.74, 6) is 0. The van der Waals surface area contributed by atoms with Gasteiger partial charge in [0.2, 0.25) is 0 Å². The predicted octanol–water partition coefficient (Wildman–Crippen LogP) is 1.17. The molecule has 0 aliphatic rings. The van der Waals surface area contributed by atoms with Crippen LogP contribution in [0.2, 0.25) is 0 Å². The van der Waals surface area contributed by atoms with Crippen molar-refractivity contribution in [2.24, 2.45) is 0 Å². The molecule has 0 aromatic carbocycles. The van der Waals surface area contributed by atoms with Crippen LogP contribution in [0.1, 0.15) is 39.8 Å². The van der Waals surface area contributed by atoms with E-state index in [4.69, 9.17) is 0 Å². The molecule has 4 nitrogen and oxygen atoms in total. The van der Waals surface area contributed by atoms with Crippen LogP contribution in [0.15, 0.2) is 21.9 Å². The zero-order chi connectivity index (χ0) is 10.9. The van der Waals surface area contributed by atoms with Gasteiger partial charge in [0.05, 0.1) is 0 Å². The van der Waals surface area contributed by atoms with Crippen LogP contribution in [-0.4, -0.2) is 9.13 Å². The summed E-state index contributed by atoms with van der Waals surface area (Å²) < 4.78 is 2.82. The van der Waals surface area contributed by atoms with Crippen molar-refractivity contribution in [1.82, 2.24) is 9.13 Å². The van der Waals surface area contributed by atoms with Gasteiger partial charge in [-0.2, -0.15) is 0 Å². The molecule has 1 rings (SSSR count). The second-order valence-electron chi connectivity index (χ2n) is 3.90. The van der Waals surface area contributed by atoms with Gasteiger partial charge in [-0.1, -0.05) is 0 Å². The van der Waals surface area contributed by atoms with Crippen molar-refractivity contribution in [1.29, 1.82) is 0 Å². The highest BCUT2D eigenvalue weighted by Crippen LogP contribution is 1.99.